The monoisotopic (exact) mass is 298 g/mol. The van der Waals surface area contributed by atoms with E-state index in [0.29, 0.717) is 13.6 Å². The molecule has 0 aliphatic carbocycles. The minimum absolute atomic E-state index is 0.473. The molecule has 1 aromatic heterocycles. The van der Waals surface area contributed by atoms with Gasteiger partial charge in [0.15, 0.2) is 5.54 Å². The highest BCUT2D eigenvalue weighted by atomic mass is 35.5. The van der Waals surface area contributed by atoms with Crippen LogP contribution in [-0.2, 0) is 10.3 Å². The molecule has 2 heterocycles. The van der Waals surface area contributed by atoms with Crippen molar-refractivity contribution in [2.45, 2.75) is 12.5 Å². The van der Waals surface area contributed by atoms with Crippen LogP contribution in [-0.4, -0.2) is 20.8 Å². The van der Waals surface area contributed by atoms with Crippen molar-refractivity contribution in [3.05, 3.63) is 21.3 Å². The van der Waals surface area contributed by atoms with Gasteiger partial charge in [0.25, 0.3) is 5.91 Å². The summed E-state index contributed by atoms with van der Waals surface area (Å²) in [5, 5.41) is 0. The van der Waals surface area contributed by atoms with Gasteiger partial charge in [0, 0.05) is 28.4 Å². The third kappa shape index (κ3) is 1.43. The molecule has 3 amide bonds. The molecule has 4 nitrogen and oxygen atoms in total. The van der Waals surface area contributed by atoms with E-state index >= 15 is 0 Å². The van der Waals surface area contributed by atoms with E-state index in [1.807, 2.05) is 0 Å². The molecule has 0 radical (unpaired) electrons. The van der Waals surface area contributed by atoms with Gasteiger partial charge in [0.1, 0.15) is 0 Å². The molecule has 0 saturated carbocycles. The molecule has 0 N–H and O–H groups in total. The smallest absolute Gasteiger partial charge is 0.270 e. The fourth-order valence-electron chi connectivity index (χ4n) is 1.41. The summed E-state index contributed by atoms with van der Waals surface area (Å²) in [6, 6.07) is 2.51. The second-order valence-electron chi connectivity index (χ2n) is 3.33. The summed E-state index contributed by atoms with van der Waals surface area (Å²) in [5.74, 6) is -0.590. The third-order valence-corrected chi connectivity index (χ3v) is 4.60. The zero-order valence-corrected chi connectivity index (χ0v) is 11.0. The maximum Gasteiger partial charge on any atom is 0.357 e. The van der Waals surface area contributed by atoms with Crippen LogP contribution in [0.4, 0.5) is 4.79 Å². The summed E-state index contributed by atoms with van der Waals surface area (Å²) in [7, 11) is 0. The molecule has 0 spiro atoms. The standard InChI is InChI=1S/C8H5Cl3N2O2S/c1-8(4-2-3-5(9)16-4)6(14)12(10)7(15)13(8)11/h2-3H,1H3. The number of hydrogen-bond donors (Lipinski definition) is 0. The van der Waals surface area contributed by atoms with Crippen molar-refractivity contribution < 1.29 is 9.59 Å². The summed E-state index contributed by atoms with van der Waals surface area (Å²) >= 11 is 18.3. The van der Waals surface area contributed by atoms with E-state index in [2.05, 4.69) is 0 Å². The van der Waals surface area contributed by atoms with Crippen molar-refractivity contribution in [1.29, 1.82) is 0 Å². The third-order valence-electron chi connectivity index (χ3n) is 2.38. The van der Waals surface area contributed by atoms with Crippen LogP contribution >= 0.6 is 46.5 Å². The summed E-state index contributed by atoms with van der Waals surface area (Å²) < 4.78 is 1.76. The van der Waals surface area contributed by atoms with E-state index in [4.69, 9.17) is 35.2 Å². The fraction of sp³-hybridized carbons (Fsp3) is 0.250. The number of halogens is 3. The Kier molecular flexibility index (Phi) is 2.82. The van der Waals surface area contributed by atoms with E-state index in [9.17, 15) is 9.59 Å². The first-order valence-electron chi connectivity index (χ1n) is 4.15. The number of urea groups is 1. The topological polar surface area (TPSA) is 40.6 Å². The highest BCUT2D eigenvalue weighted by Crippen LogP contribution is 2.43. The van der Waals surface area contributed by atoms with E-state index < -0.39 is 17.5 Å². The van der Waals surface area contributed by atoms with Gasteiger partial charge in [-0.15, -0.1) is 11.3 Å². The maximum absolute atomic E-state index is 11.9. The minimum atomic E-state index is -1.29. The SMILES string of the molecule is CC1(c2ccc(Cl)s2)C(=O)N(Cl)C(=O)N1Cl. The lowest BCUT2D eigenvalue weighted by Gasteiger charge is -2.23. The molecule has 0 aromatic carbocycles. The summed E-state index contributed by atoms with van der Waals surface area (Å²) in [6.07, 6.45) is 0. The first kappa shape index (κ1) is 12.0. The predicted octanol–water partition coefficient (Wildman–Crippen LogP) is 3.19. The molecule has 0 bridgehead atoms. The number of amides is 3. The Morgan fingerprint density at radius 2 is 1.94 bits per heavy atom. The molecular formula is C8H5Cl3N2O2S. The van der Waals surface area contributed by atoms with E-state index in [0.717, 1.165) is 4.42 Å². The van der Waals surface area contributed by atoms with Gasteiger partial charge >= 0.3 is 6.03 Å². The molecule has 16 heavy (non-hydrogen) atoms. The molecule has 1 unspecified atom stereocenters. The zero-order valence-electron chi connectivity index (χ0n) is 7.91. The van der Waals surface area contributed by atoms with Crippen molar-refractivity contribution in [2.24, 2.45) is 0 Å². The van der Waals surface area contributed by atoms with E-state index in [1.165, 1.54) is 18.3 Å². The van der Waals surface area contributed by atoms with Gasteiger partial charge < -0.3 is 0 Å². The van der Waals surface area contributed by atoms with Crippen molar-refractivity contribution >= 4 is 58.4 Å². The minimum Gasteiger partial charge on any atom is -0.270 e. The molecular weight excluding hydrogens is 295 g/mol. The van der Waals surface area contributed by atoms with Crippen LogP contribution in [0.1, 0.15) is 11.8 Å². The maximum atomic E-state index is 11.9. The average Bonchev–Trinajstić information content (AvgIpc) is 2.75. The molecule has 1 fully saturated rings. The highest BCUT2D eigenvalue weighted by molar-refractivity contribution is 7.16. The fourth-order valence-corrected chi connectivity index (χ4v) is 3.15. The molecule has 86 valence electrons. The van der Waals surface area contributed by atoms with Gasteiger partial charge in [-0.2, -0.15) is 4.42 Å². The van der Waals surface area contributed by atoms with Gasteiger partial charge in [-0.3, -0.25) is 4.79 Å². The van der Waals surface area contributed by atoms with Crippen molar-refractivity contribution in [2.75, 3.05) is 0 Å². The van der Waals surface area contributed by atoms with Crippen molar-refractivity contribution in [3.63, 3.8) is 0 Å². The molecule has 1 saturated heterocycles. The van der Waals surface area contributed by atoms with Crippen molar-refractivity contribution in [3.8, 4) is 0 Å². The van der Waals surface area contributed by atoms with Gasteiger partial charge in [-0.05, 0) is 19.1 Å². The summed E-state index contributed by atoms with van der Waals surface area (Å²) in [4.78, 5) is 23.9. The van der Waals surface area contributed by atoms with Gasteiger partial charge in [-0.25, -0.2) is 9.21 Å². The number of hydrogen-bond acceptors (Lipinski definition) is 3. The molecule has 1 aromatic rings. The molecule has 1 aliphatic rings. The number of imide groups is 1. The molecule has 2 rings (SSSR count). The summed E-state index contributed by atoms with van der Waals surface area (Å²) in [6.45, 7) is 1.52. The van der Waals surface area contributed by atoms with Crippen LogP contribution in [0.3, 0.4) is 0 Å². The average molecular weight is 300 g/mol. The number of rotatable bonds is 1. The highest BCUT2D eigenvalue weighted by Gasteiger charge is 2.56. The Labute approximate surface area is 111 Å². The Hall–Kier alpha value is -0.490. The van der Waals surface area contributed by atoms with Gasteiger partial charge in [0.2, 0.25) is 0 Å². The second-order valence-corrected chi connectivity index (χ2v) is 5.72. The number of carbonyl (C=O) groups excluding carboxylic acids is 2. The summed E-state index contributed by atoms with van der Waals surface area (Å²) in [5.41, 5.74) is -1.29. The van der Waals surface area contributed by atoms with Crippen LogP contribution in [0.5, 0.6) is 0 Å². The van der Waals surface area contributed by atoms with Crippen LogP contribution in [0, 0.1) is 0 Å². The lowest BCUT2D eigenvalue weighted by atomic mass is 10.0. The van der Waals surface area contributed by atoms with Crippen molar-refractivity contribution in [1.82, 2.24) is 8.84 Å². The van der Waals surface area contributed by atoms with Crippen LogP contribution in [0.25, 0.3) is 0 Å². The number of carbonyl (C=O) groups is 2. The number of nitrogens with zero attached hydrogens (tertiary/aromatic N) is 2. The molecule has 1 atom stereocenters. The lowest BCUT2D eigenvalue weighted by Crippen LogP contribution is -2.38. The molecule has 1 aliphatic heterocycles. The largest absolute Gasteiger partial charge is 0.357 e. The zero-order chi connectivity index (χ0) is 12.1. The van der Waals surface area contributed by atoms with E-state index in [-0.39, 0.29) is 0 Å². The Balaban J connectivity index is 2.53. The quantitative estimate of drug-likeness (QED) is 0.590. The van der Waals surface area contributed by atoms with E-state index in [1.54, 1.807) is 12.1 Å². The lowest BCUT2D eigenvalue weighted by molar-refractivity contribution is -0.128. The van der Waals surface area contributed by atoms with Gasteiger partial charge in [0.05, 0.1) is 4.34 Å². The number of thiophene rings is 1. The first-order valence-corrected chi connectivity index (χ1v) is 6.02. The Morgan fingerprint density at radius 1 is 1.31 bits per heavy atom. The Morgan fingerprint density at radius 3 is 2.31 bits per heavy atom. The van der Waals surface area contributed by atoms with Crippen LogP contribution in [0.2, 0.25) is 4.34 Å². The Bertz CT molecular complexity index is 478. The normalized spacial score (nSPS) is 25.8. The van der Waals surface area contributed by atoms with Crippen LogP contribution < -0.4 is 0 Å². The first-order chi connectivity index (χ1) is 7.39. The predicted molar refractivity (Wildman–Crippen MR) is 62.5 cm³/mol. The molecule has 8 heteroatoms. The second kappa shape index (κ2) is 3.77. The van der Waals surface area contributed by atoms with Gasteiger partial charge in [-0.1, -0.05) is 11.6 Å². The van der Waals surface area contributed by atoms with Crippen LogP contribution in [0.15, 0.2) is 12.1 Å².